The summed E-state index contributed by atoms with van der Waals surface area (Å²) >= 11 is 5.91. The number of anilines is 1. The highest BCUT2D eigenvalue weighted by atomic mass is 35.5. The van der Waals surface area contributed by atoms with Crippen LogP contribution in [0.5, 0.6) is 5.75 Å². The number of aromatic nitrogens is 1. The normalized spacial score (nSPS) is 10.6. The number of hydrogen-bond acceptors (Lipinski definition) is 2. The molecule has 3 rings (SSSR count). The Kier molecular flexibility index (Phi) is 4.02. The molecule has 0 saturated carbocycles. The summed E-state index contributed by atoms with van der Waals surface area (Å²) < 4.78 is 5.23. The Morgan fingerprint density at radius 1 is 1.27 bits per heavy atom. The topological polar surface area (TPSA) is 54.1 Å². The number of fused-ring (bicyclic) bond motifs is 1. The van der Waals surface area contributed by atoms with Crippen LogP contribution in [0.25, 0.3) is 10.9 Å². The molecule has 112 valence electrons. The smallest absolute Gasteiger partial charge is 0.228 e. The molecule has 0 bridgehead atoms. The second-order valence-corrected chi connectivity index (χ2v) is 5.40. The molecule has 3 aromatic rings. The number of ether oxygens (including phenoxy) is 1. The van der Waals surface area contributed by atoms with Crippen molar-refractivity contribution >= 4 is 34.1 Å². The summed E-state index contributed by atoms with van der Waals surface area (Å²) in [7, 11) is 1.62. The molecule has 2 aromatic carbocycles. The third kappa shape index (κ3) is 3.07. The highest BCUT2D eigenvalue weighted by Crippen LogP contribution is 2.24. The monoisotopic (exact) mass is 314 g/mol. The maximum Gasteiger partial charge on any atom is 0.228 e. The first-order valence-electron chi connectivity index (χ1n) is 6.85. The van der Waals surface area contributed by atoms with Gasteiger partial charge in [0.05, 0.1) is 13.5 Å². The van der Waals surface area contributed by atoms with Gasteiger partial charge in [-0.1, -0.05) is 17.7 Å². The van der Waals surface area contributed by atoms with Crippen molar-refractivity contribution in [2.75, 3.05) is 12.4 Å². The van der Waals surface area contributed by atoms with Crippen LogP contribution >= 0.6 is 11.6 Å². The average Bonchev–Trinajstić information content (AvgIpc) is 2.89. The van der Waals surface area contributed by atoms with Gasteiger partial charge in [0.15, 0.2) is 0 Å². The minimum absolute atomic E-state index is 0.0917. The Balaban J connectivity index is 1.79. The first-order chi connectivity index (χ1) is 10.7. The summed E-state index contributed by atoms with van der Waals surface area (Å²) in [6.45, 7) is 0. The van der Waals surface area contributed by atoms with Crippen molar-refractivity contribution < 1.29 is 9.53 Å². The Morgan fingerprint density at radius 3 is 2.91 bits per heavy atom. The van der Waals surface area contributed by atoms with Gasteiger partial charge >= 0.3 is 0 Å². The molecule has 1 aromatic heterocycles. The molecule has 0 aliphatic rings. The number of hydrogen-bond donors (Lipinski definition) is 2. The Hall–Kier alpha value is -2.46. The Morgan fingerprint density at radius 2 is 2.14 bits per heavy atom. The van der Waals surface area contributed by atoms with Crippen molar-refractivity contribution in [2.24, 2.45) is 0 Å². The highest BCUT2D eigenvalue weighted by molar-refractivity contribution is 6.30. The molecule has 0 radical (unpaired) electrons. The molecule has 0 atom stereocenters. The first kappa shape index (κ1) is 14.5. The molecule has 1 heterocycles. The van der Waals surface area contributed by atoms with Crippen LogP contribution in [0.2, 0.25) is 5.02 Å². The van der Waals surface area contributed by atoms with Gasteiger partial charge < -0.3 is 15.0 Å². The van der Waals surface area contributed by atoms with E-state index in [1.807, 2.05) is 30.5 Å². The predicted molar refractivity (Wildman–Crippen MR) is 88.6 cm³/mol. The minimum atomic E-state index is -0.0917. The van der Waals surface area contributed by atoms with E-state index < -0.39 is 0 Å². The number of carbonyl (C=O) groups is 1. The minimum Gasteiger partial charge on any atom is -0.497 e. The van der Waals surface area contributed by atoms with Gasteiger partial charge in [-0.25, -0.2) is 0 Å². The molecule has 0 fully saturated rings. The van der Waals surface area contributed by atoms with Gasteiger partial charge in [0, 0.05) is 27.8 Å². The Labute approximate surface area is 133 Å². The zero-order valence-electron chi connectivity index (χ0n) is 12.0. The lowest BCUT2D eigenvalue weighted by atomic mass is 10.1. The Bertz CT molecular complexity index is 826. The quantitative estimate of drug-likeness (QED) is 0.764. The van der Waals surface area contributed by atoms with E-state index in [-0.39, 0.29) is 12.3 Å². The van der Waals surface area contributed by atoms with Gasteiger partial charge in [-0.3, -0.25) is 4.79 Å². The van der Waals surface area contributed by atoms with Crippen molar-refractivity contribution in [3.05, 3.63) is 59.2 Å². The van der Waals surface area contributed by atoms with E-state index in [1.165, 1.54) is 0 Å². The molecule has 0 aliphatic carbocycles. The molecule has 0 unspecified atom stereocenters. The number of carbonyl (C=O) groups excluding carboxylic acids is 1. The standard InChI is InChI=1S/C17H15ClN2O2/c1-22-14-5-6-16-15(9-14)11(10-19-16)7-17(21)20-13-4-2-3-12(18)8-13/h2-6,8-10,19H,7H2,1H3,(H,20,21). The molecule has 0 saturated heterocycles. The van der Waals surface area contributed by atoms with Crippen LogP contribution in [0.4, 0.5) is 5.69 Å². The van der Waals surface area contributed by atoms with Crippen molar-refractivity contribution in [3.8, 4) is 5.75 Å². The molecular formula is C17H15ClN2O2. The van der Waals surface area contributed by atoms with Gasteiger partial charge in [-0.05, 0) is 42.0 Å². The van der Waals surface area contributed by atoms with Gasteiger partial charge in [-0.2, -0.15) is 0 Å². The van der Waals surface area contributed by atoms with Crippen molar-refractivity contribution in [3.63, 3.8) is 0 Å². The zero-order chi connectivity index (χ0) is 15.5. The van der Waals surface area contributed by atoms with Crippen LogP contribution in [0, 0.1) is 0 Å². The van der Waals surface area contributed by atoms with Gasteiger partial charge in [-0.15, -0.1) is 0 Å². The highest BCUT2D eigenvalue weighted by Gasteiger charge is 2.10. The number of rotatable bonds is 4. The van der Waals surface area contributed by atoms with Gasteiger partial charge in [0.1, 0.15) is 5.75 Å². The fraction of sp³-hybridized carbons (Fsp3) is 0.118. The van der Waals surface area contributed by atoms with E-state index >= 15 is 0 Å². The van der Waals surface area contributed by atoms with Crippen LogP contribution < -0.4 is 10.1 Å². The lowest BCUT2D eigenvalue weighted by Crippen LogP contribution is -2.14. The SMILES string of the molecule is COc1ccc2[nH]cc(CC(=O)Nc3cccc(Cl)c3)c2c1. The maximum absolute atomic E-state index is 12.2. The molecule has 1 amide bonds. The fourth-order valence-corrected chi connectivity index (χ4v) is 2.57. The van der Waals surface area contributed by atoms with E-state index in [9.17, 15) is 4.79 Å². The van der Waals surface area contributed by atoms with E-state index in [0.717, 1.165) is 22.2 Å². The number of H-pyrrole nitrogens is 1. The van der Waals surface area contributed by atoms with Crippen LogP contribution in [0.1, 0.15) is 5.56 Å². The fourth-order valence-electron chi connectivity index (χ4n) is 2.38. The molecular weight excluding hydrogens is 300 g/mol. The predicted octanol–water partition coefficient (Wildman–Crippen LogP) is 4.01. The van der Waals surface area contributed by atoms with E-state index in [0.29, 0.717) is 10.7 Å². The van der Waals surface area contributed by atoms with Gasteiger partial charge in [0.25, 0.3) is 0 Å². The van der Waals surface area contributed by atoms with E-state index in [2.05, 4.69) is 10.3 Å². The second-order valence-electron chi connectivity index (χ2n) is 4.96. The van der Waals surface area contributed by atoms with E-state index in [4.69, 9.17) is 16.3 Å². The zero-order valence-corrected chi connectivity index (χ0v) is 12.8. The summed E-state index contributed by atoms with van der Waals surface area (Å²) in [5.74, 6) is 0.676. The molecule has 22 heavy (non-hydrogen) atoms. The number of aromatic amines is 1. The van der Waals surface area contributed by atoms with Gasteiger partial charge in [0.2, 0.25) is 5.91 Å². The number of benzene rings is 2. The van der Waals surface area contributed by atoms with Crippen molar-refractivity contribution in [1.82, 2.24) is 4.98 Å². The van der Waals surface area contributed by atoms with Crippen molar-refractivity contribution in [2.45, 2.75) is 6.42 Å². The number of halogens is 1. The second kappa shape index (κ2) is 6.12. The average molecular weight is 315 g/mol. The number of methoxy groups -OCH3 is 1. The largest absolute Gasteiger partial charge is 0.497 e. The lowest BCUT2D eigenvalue weighted by molar-refractivity contribution is -0.115. The summed E-state index contributed by atoms with van der Waals surface area (Å²) in [4.78, 5) is 15.4. The molecule has 5 heteroatoms. The van der Waals surface area contributed by atoms with Crippen molar-refractivity contribution in [1.29, 1.82) is 0 Å². The number of amides is 1. The van der Waals surface area contributed by atoms with Crippen LogP contribution in [0.3, 0.4) is 0 Å². The summed E-state index contributed by atoms with van der Waals surface area (Å²) in [5.41, 5.74) is 2.59. The summed E-state index contributed by atoms with van der Waals surface area (Å²) in [6, 6.07) is 12.8. The molecule has 0 aliphatic heterocycles. The summed E-state index contributed by atoms with van der Waals surface area (Å²) in [6.07, 6.45) is 2.13. The van der Waals surface area contributed by atoms with Crippen LogP contribution in [-0.2, 0) is 11.2 Å². The molecule has 0 spiro atoms. The maximum atomic E-state index is 12.2. The molecule has 4 nitrogen and oxygen atoms in total. The molecule has 2 N–H and O–H groups in total. The van der Waals surface area contributed by atoms with E-state index in [1.54, 1.807) is 25.3 Å². The third-order valence-electron chi connectivity index (χ3n) is 3.43. The number of nitrogens with one attached hydrogen (secondary N) is 2. The summed E-state index contributed by atoms with van der Waals surface area (Å²) in [5, 5.41) is 4.42. The van der Waals surface area contributed by atoms with Crippen LogP contribution in [0.15, 0.2) is 48.7 Å². The third-order valence-corrected chi connectivity index (χ3v) is 3.67. The lowest BCUT2D eigenvalue weighted by Gasteiger charge is -2.05. The van der Waals surface area contributed by atoms with Crippen LogP contribution in [-0.4, -0.2) is 18.0 Å². The first-order valence-corrected chi connectivity index (χ1v) is 7.23.